The number of aryl methyl sites for hydroxylation is 1. The summed E-state index contributed by atoms with van der Waals surface area (Å²) in [6.45, 7) is 4.24. The highest BCUT2D eigenvalue weighted by molar-refractivity contribution is 7.92. The number of anilines is 1. The van der Waals surface area contributed by atoms with Gasteiger partial charge in [0.25, 0.3) is 0 Å². The van der Waals surface area contributed by atoms with Crippen molar-refractivity contribution >= 4 is 31.6 Å². The van der Waals surface area contributed by atoms with Crippen molar-refractivity contribution in [3.8, 4) is 5.75 Å². The Bertz CT molecular complexity index is 1190. The molecule has 9 nitrogen and oxygen atoms in total. The first-order valence-corrected chi connectivity index (χ1v) is 13.9. The van der Waals surface area contributed by atoms with Gasteiger partial charge in [0.05, 0.1) is 23.4 Å². The van der Waals surface area contributed by atoms with Crippen molar-refractivity contribution in [1.82, 2.24) is 9.21 Å². The van der Waals surface area contributed by atoms with E-state index < -0.39 is 32.5 Å². The van der Waals surface area contributed by atoms with Crippen LogP contribution in [0.1, 0.15) is 12.5 Å². The fraction of sp³-hybridized carbons (Fsp3) is 0.409. The Hall–Kier alpha value is -2.63. The molecule has 0 saturated carbocycles. The van der Waals surface area contributed by atoms with Gasteiger partial charge < -0.3 is 9.64 Å². The first-order valence-electron chi connectivity index (χ1n) is 10.6. The van der Waals surface area contributed by atoms with E-state index in [0.717, 1.165) is 16.1 Å². The standard InChI is InChI=1S/C22H29N3O6S2/c1-4-31-21-8-6-5-7-20(21)25(32(3,27)28)17-22(26)23-13-15-24(16-14-23)33(29,30)19-11-9-18(2)10-12-19/h5-12H,4,13-17H2,1-3H3. The highest BCUT2D eigenvalue weighted by atomic mass is 32.2. The Morgan fingerprint density at radius 3 is 2.15 bits per heavy atom. The SMILES string of the molecule is CCOc1ccccc1N(CC(=O)N1CCN(S(=O)(=O)c2ccc(C)cc2)CC1)S(C)(=O)=O. The molecule has 1 fully saturated rings. The molecular weight excluding hydrogens is 466 g/mol. The molecule has 1 saturated heterocycles. The molecule has 0 N–H and O–H groups in total. The molecule has 0 aromatic heterocycles. The van der Waals surface area contributed by atoms with Gasteiger partial charge in [0, 0.05) is 26.2 Å². The summed E-state index contributed by atoms with van der Waals surface area (Å²) in [6, 6.07) is 13.3. The molecule has 0 bridgehead atoms. The highest BCUT2D eigenvalue weighted by Crippen LogP contribution is 2.30. The number of nitrogens with zero attached hydrogens (tertiary/aromatic N) is 3. The molecule has 0 radical (unpaired) electrons. The van der Waals surface area contributed by atoms with E-state index in [9.17, 15) is 21.6 Å². The minimum atomic E-state index is -3.77. The van der Waals surface area contributed by atoms with E-state index in [4.69, 9.17) is 4.74 Å². The van der Waals surface area contributed by atoms with Crippen LogP contribution in [0.5, 0.6) is 5.75 Å². The number of rotatable bonds is 8. The van der Waals surface area contributed by atoms with Crippen LogP contribution in [0.25, 0.3) is 0 Å². The number of sulfonamides is 2. The number of hydrogen-bond donors (Lipinski definition) is 0. The van der Waals surface area contributed by atoms with Gasteiger partial charge in [-0.05, 0) is 38.1 Å². The monoisotopic (exact) mass is 495 g/mol. The number of ether oxygens (including phenoxy) is 1. The summed E-state index contributed by atoms with van der Waals surface area (Å²) in [7, 11) is -7.42. The average molecular weight is 496 g/mol. The van der Waals surface area contributed by atoms with Crippen molar-refractivity contribution in [2.24, 2.45) is 0 Å². The number of carbonyl (C=O) groups is 1. The summed E-state index contributed by atoms with van der Waals surface area (Å²) < 4.78 is 58.7. The zero-order chi connectivity index (χ0) is 24.2. The molecule has 0 aliphatic carbocycles. The molecule has 33 heavy (non-hydrogen) atoms. The zero-order valence-corrected chi connectivity index (χ0v) is 20.6. The molecule has 3 rings (SSSR count). The Morgan fingerprint density at radius 1 is 0.970 bits per heavy atom. The smallest absolute Gasteiger partial charge is 0.243 e. The quantitative estimate of drug-likeness (QED) is 0.552. The first-order chi connectivity index (χ1) is 15.5. The van der Waals surface area contributed by atoms with Crippen LogP contribution in [0.3, 0.4) is 0 Å². The van der Waals surface area contributed by atoms with Gasteiger partial charge in [-0.15, -0.1) is 0 Å². The lowest BCUT2D eigenvalue weighted by Gasteiger charge is -2.35. The fourth-order valence-electron chi connectivity index (χ4n) is 3.58. The third-order valence-corrected chi connectivity index (χ3v) is 8.40. The maximum Gasteiger partial charge on any atom is 0.243 e. The van der Waals surface area contributed by atoms with Gasteiger partial charge >= 0.3 is 0 Å². The zero-order valence-electron chi connectivity index (χ0n) is 19.0. The molecule has 11 heteroatoms. The largest absolute Gasteiger partial charge is 0.492 e. The molecule has 0 spiro atoms. The summed E-state index contributed by atoms with van der Waals surface area (Å²) in [6.07, 6.45) is 1.04. The van der Waals surface area contributed by atoms with E-state index in [1.807, 2.05) is 6.92 Å². The molecule has 1 aliphatic rings. The second-order valence-electron chi connectivity index (χ2n) is 7.77. The Morgan fingerprint density at radius 2 is 1.58 bits per heavy atom. The molecule has 1 heterocycles. The fourth-order valence-corrected chi connectivity index (χ4v) is 5.86. The summed E-state index contributed by atoms with van der Waals surface area (Å²) in [5, 5.41) is 0. The number of para-hydroxylation sites is 2. The van der Waals surface area contributed by atoms with E-state index in [1.54, 1.807) is 55.5 Å². The van der Waals surface area contributed by atoms with E-state index in [1.165, 1.54) is 9.21 Å². The average Bonchev–Trinajstić information content (AvgIpc) is 2.78. The first kappa shape index (κ1) is 25.0. The number of amides is 1. The number of carbonyl (C=O) groups excluding carboxylic acids is 1. The van der Waals surface area contributed by atoms with Crippen molar-refractivity contribution in [2.75, 3.05) is 49.9 Å². The molecule has 0 unspecified atom stereocenters. The second kappa shape index (κ2) is 10.1. The van der Waals surface area contributed by atoms with Crippen LogP contribution in [0.2, 0.25) is 0 Å². The van der Waals surface area contributed by atoms with Crippen molar-refractivity contribution in [2.45, 2.75) is 18.7 Å². The molecule has 180 valence electrons. The van der Waals surface area contributed by atoms with Gasteiger partial charge in [-0.3, -0.25) is 9.10 Å². The normalized spacial score (nSPS) is 15.3. The number of benzene rings is 2. The van der Waals surface area contributed by atoms with Crippen LogP contribution in [0.15, 0.2) is 53.4 Å². The van der Waals surface area contributed by atoms with Crippen molar-refractivity contribution in [3.63, 3.8) is 0 Å². The highest BCUT2D eigenvalue weighted by Gasteiger charge is 2.32. The molecule has 1 amide bonds. The summed E-state index contributed by atoms with van der Waals surface area (Å²) in [5.41, 5.74) is 1.25. The lowest BCUT2D eigenvalue weighted by atomic mass is 10.2. The topological polar surface area (TPSA) is 104 Å². The number of piperazine rings is 1. The maximum absolute atomic E-state index is 13.0. The molecule has 2 aromatic rings. The molecular formula is C22H29N3O6S2. The predicted octanol–water partition coefficient (Wildman–Crippen LogP) is 1.69. The maximum atomic E-state index is 13.0. The molecule has 0 atom stereocenters. The molecule has 1 aliphatic heterocycles. The lowest BCUT2D eigenvalue weighted by Crippen LogP contribution is -2.53. The van der Waals surface area contributed by atoms with E-state index in [-0.39, 0.29) is 36.8 Å². The summed E-state index contributed by atoms with van der Waals surface area (Å²) in [5.74, 6) is -0.0358. The minimum Gasteiger partial charge on any atom is -0.492 e. The van der Waals surface area contributed by atoms with Gasteiger partial charge in [0.1, 0.15) is 12.3 Å². The van der Waals surface area contributed by atoms with Gasteiger partial charge in [-0.25, -0.2) is 16.8 Å². The third kappa shape index (κ3) is 5.84. The summed E-state index contributed by atoms with van der Waals surface area (Å²) in [4.78, 5) is 14.7. The minimum absolute atomic E-state index is 0.135. The van der Waals surface area contributed by atoms with Gasteiger partial charge in [0.2, 0.25) is 26.0 Å². The Labute approximate surface area is 195 Å². The van der Waals surface area contributed by atoms with E-state index in [2.05, 4.69) is 0 Å². The Balaban J connectivity index is 1.71. The number of hydrogen-bond acceptors (Lipinski definition) is 6. The van der Waals surface area contributed by atoms with E-state index in [0.29, 0.717) is 12.4 Å². The van der Waals surface area contributed by atoms with E-state index >= 15 is 0 Å². The van der Waals surface area contributed by atoms with Crippen LogP contribution < -0.4 is 9.04 Å². The van der Waals surface area contributed by atoms with Crippen LogP contribution in [-0.4, -0.2) is 77.5 Å². The van der Waals surface area contributed by atoms with Crippen LogP contribution in [0.4, 0.5) is 5.69 Å². The van der Waals surface area contributed by atoms with Gasteiger partial charge in [-0.1, -0.05) is 29.8 Å². The van der Waals surface area contributed by atoms with Crippen LogP contribution in [0, 0.1) is 6.92 Å². The van der Waals surface area contributed by atoms with Gasteiger partial charge in [0.15, 0.2) is 0 Å². The van der Waals surface area contributed by atoms with Crippen molar-refractivity contribution in [1.29, 1.82) is 0 Å². The predicted molar refractivity (Wildman–Crippen MR) is 126 cm³/mol. The van der Waals surface area contributed by atoms with Crippen molar-refractivity contribution < 1.29 is 26.4 Å². The molecule has 2 aromatic carbocycles. The van der Waals surface area contributed by atoms with Crippen LogP contribution >= 0.6 is 0 Å². The van der Waals surface area contributed by atoms with Crippen LogP contribution in [-0.2, 0) is 24.8 Å². The van der Waals surface area contributed by atoms with Gasteiger partial charge in [-0.2, -0.15) is 4.31 Å². The third-order valence-electron chi connectivity index (χ3n) is 5.36. The van der Waals surface area contributed by atoms with Crippen molar-refractivity contribution in [3.05, 3.63) is 54.1 Å². The second-order valence-corrected chi connectivity index (χ2v) is 11.6. The Kier molecular flexibility index (Phi) is 7.65. The lowest BCUT2D eigenvalue weighted by molar-refractivity contribution is -0.130. The summed E-state index contributed by atoms with van der Waals surface area (Å²) >= 11 is 0.